The number of nitrogens with zero attached hydrogens (tertiary/aromatic N) is 1. The summed E-state index contributed by atoms with van der Waals surface area (Å²) in [6, 6.07) is 0.658. The van der Waals surface area contributed by atoms with E-state index in [4.69, 9.17) is 0 Å². The molecule has 0 amide bonds. The molecule has 0 spiro atoms. The standard InChI is InChI=1S/C14H30N2/c1-6-14(4,16(7-2)8-3)13(15-5)12-10-9-11-12/h12-13,15H,6-11H2,1-5H3. The number of hydrogen-bond acceptors (Lipinski definition) is 2. The topological polar surface area (TPSA) is 15.3 Å². The van der Waals surface area contributed by atoms with E-state index in [0.29, 0.717) is 11.6 Å². The Labute approximate surface area is 102 Å². The Morgan fingerprint density at radius 2 is 1.81 bits per heavy atom. The molecule has 0 aliphatic heterocycles. The van der Waals surface area contributed by atoms with Gasteiger partial charge in [0.25, 0.3) is 0 Å². The van der Waals surface area contributed by atoms with Gasteiger partial charge in [0.2, 0.25) is 0 Å². The predicted octanol–water partition coefficient (Wildman–Crippen LogP) is 2.89. The van der Waals surface area contributed by atoms with Gasteiger partial charge in [-0.05, 0) is 52.2 Å². The van der Waals surface area contributed by atoms with Crippen molar-refractivity contribution in [1.82, 2.24) is 10.2 Å². The van der Waals surface area contributed by atoms with Crippen LogP contribution in [0.15, 0.2) is 0 Å². The molecule has 1 aliphatic rings. The highest BCUT2D eigenvalue weighted by Crippen LogP contribution is 2.37. The number of likely N-dealkylation sites (N-methyl/N-ethyl adjacent to an activating group) is 2. The van der Waals surface area contributed by atoms with Gasteiger partial charge in [0.1, 0.15) is 0 Å². The highest BCUT2D eigenvalue weighted by molar-refractivity contribution is 5.00. The first kappa shape index (κ1) is 14.0. The van der Waals surface area contributed by atoms with Crippen LogP contribution in [0.4, 0.5) is 0 Å². The van der Waals surface area contributed by atoms with Crippen LogP contribution in [0.1, 0.15) is 53.4 Å². The highest BCUT2D eigenvalue weighted by atomic mass is 15.2. The van der Waals surface area contributed by atoms with Crippen LogP contribution in [-0.2, 0) is 0 Å². The lowest BCUT2D eigenvalue weighted by molar-refractivity contribution is 0.0294. The molecule has 0 saturated heterocycles. The molecule has 0 aromatic rings. The summed E-state index contributed by atoms with van der Waals surface area (Å²) >= 11 is 0. The Hall–Kier alpha value is -0.0800. The van der Waals surface area contributed by atoms with Crippen LogP contribution >= 0.6 is 0 Å². The lowest BCUT2D eigenvalue weighted by Gasteiger charge is -2.50. The molecular weight excluding hydrogens is 196 g/mol. The molecule has 1 N–H and O–H groups in total. The molecule has 1 saturated carbocycles. The molecule has 96 valence electrons. The quantitative estimate of drug-likeness (QED) is 0.718. The van der Waals surface area contributed by atoms with Crippen molar-refractivity contribution < 1.29 is 0 Å². The second kappa shape index (κ2) is 6.02. The molecule has 2 nitrogen and oxygen atoms in total. The zero-order chi connectivity index (χ0) is 12.2. The van der Waals surface area contributed by atoms with Crippen molar-refractivity contribution in [2.45, 2.75) is 65.0 Å². The lowest BCUT2D eigenvalue weighted by Crippen LogP contribution is -2.62. The van der Waals surface area contributed by atoms with E-state index in [1.54, 1.807) is 0 Å². The summed E-state index contributed by atoms with van der Waals surface area (Å²) < 4.78 is 0. The van der Waals surface area contributed by atoms with E-state index < -0.39 is 0 Å². The molecule has 0 aromatic carbocycles. The van der Waals surface area contributed by atoms with Gasteiger partial charge < -0.3 is 5.32 Å². The molecular formula is C14H30N2. The Morgan fingerprint density at radius 3 is 2.06 bits per heavy atom. The summed E-state index contributed by atoms with van der Waals surface area (Å²) in [4.78, 5) is 2.63. The minimum absolute atomic E-state index is 0.323. The predicted molar refractivity (Wildman–Crippen MR) is 71.8 cm³/mol. The molecule has 0 heterocycles. The zero-order valence-electron chi connectivity index (χ0n) is 11.8. The van der Waals surface area contributed by atoms with E-state index in [0.717, 1.165) is 19.0 Å². The molecule has 2 heteroatoms. The Kier molecular flexibility index (Phi) is 5.26. The zero-order valence-corrected chi connectivity index (χ0v) is 11.8. The van der Waals surface area contributed by atoms with Gasteiger partial charge in [-0.1, -0.05) is 27.2 Å². The van der Waals surface area contributed by atoms with Gasteiger partial charge in [-0.15, -0.1) is 0 Å². The normalized spacial score (nSPS) is 22.9. The van der Waals surface area contributed by atoms with Crippen molar-refractivity contribution in [3.05, 3.63) is 0 Å². The molecule has 1 aliphatic carbocycles. The average Bonchev–Trinajstić information content (AvgIpc) is 2.24. The molecule has 1 rings (SSSR count). The molecule has 2 unspecified atom stereocenters. The second-order valence-electron chi connectivity index (χ2n) is 5.34. The second-order valence-corrected chi connectivity index (χ2v) is 5.34. The van der Waals surface area contributed by atoms with Crippen molar-refractivity contribution in [3.8, 4) is 0 Å². The minimum Gasteiger partial charge on any atom is -0.315 e. The maximum atomic E-state index is 3.60. The van der Waals surface area contributed by atoms with Crippen LogP contribution in [-0.4, -0.2) is 36.6 Å². The van der Waals surface area contributed by atoms with Crippen LogP contribution in [0.2, 0.25) is 0 Å². The summed E-state index contributed by atoms with van der Waals surface area (Å²) in [5.41, 5.74) is 0.323. The fraction of sp³-hybridized carbons (Fsp3) is 1.00. The van der Waals surface area contributed by atoms with Crippen molar-refractivity contribution in [2.75, 3.05) is 20.1 Å². The molecule has 0 aromatic heterocycles. The van der Waals surface area contributed by atoms with E-state index in [9.17, 15) is 0 Å². The van der Waals surface area contributed by atoms with Gasteiger partial charge in [-0.25, -0.2) is 0 Å². The average molecular weight is 226 g/mol. The van der Waals surface area contributed by atoms with Crippen molar-refractivity contribution in [2.24, 2.45) is 5.92 Å². The van der Waals surface area contributed by atoms with Gasteiger partial charge >= 0.3 is 0 Å². The molecule has 0 bridgehead atoms. The summed E-state index contributed by atoms with van der Waals surface area (Å²) in [6.07, 6.45) is 5.50. The maximum absolute atomic E-state index is 3.60. The van der Waals surface area contributed by atoms with E-state index in [1.165, 1.54) is 25.7 Å². The van der Waals surface area contributed by atoms with Crippen LogP contribution in [0.25, 0.3) is 0 Å². The monoisotopic (exact) mass is 226 g/mol. The third-order valence-corrected chi connectivity index (χ3v) is 4.80. The first-order chi connectivity index (χ1) is 7.63. The third-order valence-electron chi connectivity index (χ3n) is 4.80. The summed E-state index contributed by atoms with van der Waals surface area (Å²) in [5, 5.41) is 3.60. The van der Waals surface area contributed by atoms with E-state index in [1.807, 2.05) is 0 Å². The first-order valence-electron chi connectivity index (χ1n) is 7.06. The largest absolute Gasteiger partial charge is 0.315 e. The summed E-state index contributed by atoms with van der Waals surface area (Å²) in [6.45, 7) is 11.7. The Morgan fingerprint density at radius 1 is 1.25 bits per heavy atom. The van der Waals surface area contributed by atoms with E-state index in [2.05, 4.69) is 45.0 Å². The van der Waals surface area contributed by atoms with Crippen molar-refractivity contribution >= 4 is 0 Å². The fourth-order valence-electron chi connectivity index (χ4n) is 3.41. The highest BCUT2D eigenvalue weighted by Gasteiger charge is 2.42. The van der Waals surface area contributed by atoms with Gasteiger partial charge in [-0.3, -0.25) is 4.90 Å². The number of nitrogens with one attached hydrogen (secondary N) is 1. The molecule has 0 radical (unpaired) electrons. The summed E-state index contributed by atoms with van der Waals surface area (Å²) in [5.74, 6) is 0.899. The molecule has 2 atom stereocenters. The fourth-order valence-corrected chi connectivity index (χ4v) is 3.41. The Balaban J connectivity index is 2.81. The Bertz CT molecular complexity index is 197. The molecule has 16 heavy (non-hydrogen) atoms. The molecule has 1 fully saturated rings. The third kappa shape index (κ3) is 2.43. The van der Waals surface area contributed by atoms with Gasteiger partial charge in [0, 0.05) is 11.6 Å². The minimum atomic E-state index is 0.323. The van der Waals surface area contributed by atoms with E-state index >= 15 is 0 Å². The van der Waals surface area contributed by atoms with Gasteiger partial charge in [0.05, 0.1) is 0 Å². The number of rotatable bonds is 7. The first-order valence-corrected chi connectivity index (χ1v) is 7.06. The summed E-state index contributed by atoms with van der Waals surface area (Å²) in [7, 11) is 2.14. The van der Waals surface area contributed by atoms with Gasteiger partial charge in [0.15, 0.2) is 0 Å². The van der Waals surface area contributed by atoms with E-state index in [-0.39, 0.29) is 0 Å². The van der Waals surface area contributed by atoms with Crippen LogP contribution in [0, 0.1) is 5.92 Å². The SMILES string of the molecule is CCN(CC)C(C)(CC)C(NC)C1CCC1. The van der Waals surface area contributed by atoms with Crippen molar-refractivity contribution in [1.29, 1.82) is 0 Å². The van der Waals surface area contributed by atoms with Crippen LogP contribution in [0.3, 0.4) is 0 Å². The van der Waals surface area contributed by atoms with Crippen LogP contribution in [0.5, 0.6) is 0 Å². The van der Waals surface area contributed by atoms with Crippen molar-refractivity contribution in [3.63, 3.8) is 0 Å². The maximum Gasteiger partial charge on any atom is 0.0334 e. The lowest BCUT2D eigenvalue weighted by atomic mass is 9.70. The van der Waals surface area contributed by atoms with Crippen LogP contribution < -0.4 is 5.32 Å². The number of hydrogen-bond donors (Lipinski definition) is 1. The smallest absolute Gasteiger partial charge is 0.0334 e. The van der Waals surface area contributed by atoms with Gasteiger partial charge in [-0.2, -0.15) is 0 Å².